The van der Waals surface area contributed by atoms with E-state index in [9.17, 15) is 4.79 Å². The molecule has 108 valence electrons. The number of amides is 1. The number of halogens is 1. The summed E-state index contributed by atoms with van der Waals surface area (Å²) in [5, 5.41) is 5.09. The van der Waals surface area contributed by atoms with Gasteiger partial charge in [-0.3, -0.25) is 9.69 Å². The molecule has 0 bridgehead atoms. The zero-order valence-corrected chi connectivity index (χ0v) is 12.6. The van der Waals surface area contributed by atoms with Crippen LogP contribution in [0.1, 0.15) is 30.2 Å². The average molecular weight is 304 g/mol. The molecule has 2 rings (SSSR count). The average Bonchev–Trinajstić information content (AvgIpc) is 3.02. The van der Waals surface area contributed by atoms with Crippen LogP contribution in [0.2, 0.25) is 0 Å². The van der Waals surface area contributed by atoms with Gasteiger partial charge in [-0.05, 0) is 37.4 Å². The third kappa shape index (κ3) is 4.76. The predicted molar refractivity (Wildman–Crippen MR) is 81.8 cm³/mol. The molecule has 2 heterocycles. The molecule has 1 aromatic heterocycles. The summed E-state index contributed by atoms with van der Waals surface area (Å²) in [4.78, 5) is 15.3. The highest BCUT2D eigenvalue weighted by molar-refractivity contribution is 7.10. The van der Waals surface area contributed by atoms with Crippen LogP contribution in [0, 0.1) is 0 Å². The van der Waals surface area contributed by atoms with Crippen molar-refractivity contribution in [3.63, 3.8) is 0 Å². The van der Waals surface area contributed by atoms with Gasteiger partial charge in [0.05, 0.1) is 6.04 Å². The fourth-order valence-corrected chi connectivity index (χ4v) is 3.23. The summed E-state index contributed by atoms with van der Waals surface area (Å²) in [7, 11) is 0. The van der Waals surface area contributed by atoms with E-state index in [1.807, 2.05) is 0 Å². The highest BCUT2D eigenvalue weighted by atomic mass is 35.5. The van der Waals surface area contributed by atoms with Gasteiger partial charge in [-0.1, -0.05) is 6.07 Å². The van der Waals surface area contributed by atoms with Crippen molar-refractivity contribution in [2.75, 3.05) is 26.2 Å². The number of nitrogens with two attached hydrogens (primary N) is 1. The van der Waals surface area contributed by atoms with Crippen LogP contribution < -0.4 is 11.1 Å². The zero-order valence-electron chi connectivity index (χ0n) is 11.0. The summed E-state index contributed by atoms with van der Waals surface area (Å²) in [6, 6.07) is 4.56. The number of carbonyl (C=O) groups excluding carboxylic acids is 1. The maximum absolute atomic E-state index is 11.5. The molecule has 1 amide bonds. The summed E-state index contributed by atoms with van der Waals surface area (Å²) in [5.41, 5.74) is 5.38. The van der Waals surface area contributed by atoms with E-state index < -0.39 is 0 Å². The van der Waals surface area contributed by atoms with Gasteiger partial charge in [0.2, 0.25) is 5.91 Å². The molecule has 1 aromatic rings. The fourth-order valence-electron chi connectivity index (χ4n) is 2.37. The molecule has 4 nitrogen and oxygen atoms in total. The lowest BCUT2D eigenvalue weighted by Gasteiger charge is -2.26. The molecule has 1 unspecified atom stereocenters. The quantitative estimate of drug-likeness (QED) is 0.842. The molecular weight excluding hydrogens is 282 g/mol. The van der Waals surface area contributed by atoms with Crippen molar-refractivity contribution in [2.45, 2.75) is 25.3 Å². The molecule has 1 atom stereocenters. The van der Waals surface area contributed by atoms with E-state index >= 15 is 0 Å². The minimum atomic E-state index is 0. The van der Waals surface area contributed by atoms with Gasteiger partial charge in [0.25, 0.3) is 0 Å². The number of likely N-dealkylation sites (tertiary alicyclic amines) is 1. The van der Waals surface area contributed by atoms with Crippen LogP contribution in [0.25, 0.3) is 0 Å². The van der Waals surface area contributed by atoms with Crippen molar-refractivity contribution < 1.29 is 4.79 Å². The second-order valence-corrected chi connectivity index (χ2v) is 5.60. The van der Waals surface area contributed by atoms with Crippen LogP contribution in [-0.2, 0) is 4.79 Å². The fraction of sp³-hybridized carbons (Fsp3) is 0.615. The summed E-state index contributed by atoms with van der Waals surface area (Å²) < 4.78 is 0. The van der Waals surface area contributed by atoms with E-state index in [0.29, 0.717) is 25.6 Å². The summed E-state index contributed by atoms with van der Waals surface area (Å²) in [6.07, 6.45) is 2.94. The van der Waals surface area contributed by atoms with Gasteiger partial charge in [0.1, 0.15) is 0 Å². The third-order valence-corrected chi connectivity index (χ3v) is 4.29. The molecule has 0 saturated carbocycles. The zero-order chi connectivity index (χ0) is 12.8. The normalized spacial score (nSPS) is 16.9. The third-order valence-electron chi connectivity index (χ3n) is 3.32. The second kappa shape index (κ2) is 8.53. The van der Waals surface area contributed by atoms with Crippen molar-refractivity contribution in [1.29, 1.82) is 0 Å². The molecule has 0 radical (unpaired) electrons. The van der Waals surface area contributed by atoms with Gasteiger partial charge < -0.3 is 11.1 Å². The van der Waals surface area contributed by atoms with Gasteiger partial charge in [0, 0.05) is 24.4 Å². The Labute approximate surface area is 124 Å². The predicted octanol–water partition coefficient (Wildman–Crippen LogP) is 1.77. The first-order chi connectivity index (χ1) is 8.81. The van der Waals surface area contributed by atoms with E-state index in [4.69, 9.17) is 5.73 Å². The van der Waals surface area contributed by atoms with Gasteiger partial charge in [-0.25, -0.2) is 0 Å². The monoisotopic (exact) mass is 303 g/mol. The largest absolute Gasteiger partial charge is 0.354 e. The minimum Gasteiger partial charge on any atom is -0.354 e. The maximum atomic E-state index is 11.5. The number of thiophene rings is 1. The summed E-state index contributed by atoms with van der Waals surface area (Å²) >= 11 is 1.77. The van der Waals surface area contributed by atoms with Crippen LogP contribution >= 0.6 is 23.7 Å². The van der Waals surface area contributed by atoms with Crippen molar-refractivity contribution in [3.8, 4) is 0 Å². The second-order valence-electron chi connectivity index (χ2n) is 4.62. The number of nitrogens with one attached hydrogen (secondary N) is 1. The van der Waals surface area contributed by atoms with Crippen LogP contribution in [0.4, 0.5) is 0 Å². The maximum Gasteiger partial charge on any atom is 0.221 e. The van der Waals surface area contributed by atoms with E-state index in [1.54, 1.807) is 11.3 Å². The Morgan fingerprint density at radius 2 is 2.21 bits per heavy atom. The number of carbonyl (C=O) groups is 1. The first kappa shape index (κ1) is 16.4. The Bertz CT molecular complexity index is 366. The van der Waals surface area contributed by atoms with Crippen molar-refractivity contribution in [3.05, 3.63) is 22.4 Å². The highest BCUT2D eigenvalue weighted by Crippen LogP contribution is 2.27. The first-order valence-corrected chi connectivity index (χ1v) is 7.43. The smallest absolute Gasteiger partial charge is 0.221 e. The summed E-state index contributed by atoms with van der Waals surface area (Å²) in [6.45, 7) is 3.38. The van der Waals surface area contributed by atoms with Gasteiger partial charge in [0.15, 0.2) is 0 Å². The molecule has 0 aromatic carbocycles. The van der Waals surface area contributed by atoms with E-state index in [-0.39, 0.29) is 18.3 Å². The van der Waals surface area contributed by atoms with Crippen molar-refractivity contribution in [1.82, 2.24) is 10.2 Å². The molecular formula is C13H22ClN3OS. The van der Waals surface area contributed by atoms with E-state index in [0.717, 1.165) is 13.1 Å². The molecule has 1 aliphatic rings. The van der Waals surface area contributed by atoms with Crippen molar-refractivity contribution in [2.24, 2.45) is 5.73 Å². The molecule has 0 aliphatic carbocycles. The molecule has 1 saturated heterocycles. The Hall–Kier alpha value is -0.620. The lowest BCUT2D eigenvalue weighted by atomic mass is 10.2. The highest BCUT2D eigenvalue weighted by Gasteiger charge is 2.24. The standard InChI is InChI=1S/C13H21N3OS.ClH/c14-6-5-13(17)15-10-11(12-4-3-9-18-12)16-7-1-2-8-16;/h3-4,9,11H,1-2,5-8,10,14H2,(H,15,17);1H. The molecule has 0 spiro atoms. The molecule has 1 aliphatic heterocycles. The first-order valence-electron chi connectivity index (χ1n) is 6.55. The SMILES string of the molecule is Cl.NCCC(=O)NCC(c1cccs1)N1CCCC1. The van der Waals surface area contributed by atoms with Gasteiger partial charge in [-0.2, -0.15) is 0 Å². The number of hydrogen-bond donors (Lipinski definition) is 2. The number of rotatable bonds is 6. The lowest BCUT2D eigenvalue weighted by Crippen LogP contribution is -2.36. The lowest BCUT2D eigenvalue weighted by molar-refractivity contribution is -0.121. The Kier molecular flexibility index (Phi) is 7.38. The number of nitrogens with zero attached hydrogens (tertiary/aromatic N) is 1. The molecule has 19 heavy (non-hydrogen) atoms. The van der Waals surface area contributed by atoms with Crippen LogP contribution in [0.3, 0.4) is 0 Å². The van der Waals surface area contributed by atoms with Gasteiger partial charge >= 0.3 is 0 Å². The Balaban J connectivity index is 0.00000180. The summed E-state index contributed by atoms with van der Waals surface area (Å²) in [5.74, 6) is 0.0539. The van der Waals surface area contributed by atoms with Crippen LogP contribution in [0.15, 0.2) is 17.5 Å². The number of hydrogen-bond acceptors (Lipinski definition) is 4. The van der Waals surface area contributed by atoms with Crippen molar-refractivity contribution >= 4 is 29.7 Å². The van der Waals surface area contributed by atoms with Gasteiger partial charge in [-0.15, -0.1) is 23.7 Å². The Morgan fingerprint density at radius 3 is 2.79 bits per heavy atom. The van der Waals surface area contributed by atoms with Crippen LogP contribution in [0.5, 0.6) is 0 Å². The minimum absolute atomic E-state index is 0. The topological polar surface area (TPSA) is 58.4 Å². The molecule has 3 N–H and O–H groups in total. The van der Waals surface area contributed by atoms with E-state index in [1.165, 1.54) is 17.7 Å². The molecule has 1 fully saturated rings. The van der Waals surface area contributed by atoms with Crippen LogP contribution in [-0.4, -0.2) is 37.0 Å². The van der Waals surface area contributed by atoms with E-state index in [2.05, 4.69) is 27.7 Å². The molecule has 6 heteroatoms. The Morgan fingerprint density at radius 1 is 1.47 bits per heavy atom.